The average molecular weight is 377 g/mol. The number of hydrogen-bond donors (Lipinski definition) is 1. The number of rotatable bonds is 6. The van der Waals surface area contributed by atoms with E-state index in [1.165, 1.54) is 38.3 Å². The standard InChI is InChI=1S/C18H19NO6S/c1-12(17(20)19-13-8-10-14(24-2)11-9-13)25-18(21)15-6-4-5-7-16(15)26(3,22)23/h4-12H,1-3H3,(H,19,20). The molecule has 2 rings (SSSR count). The third kappa shape index (κ3) is 4.82. The van der Waals surface area contributed by atoms with Gasteiger partial charge in [-0.15, -0.1) is 0 Å². The lowest BCUT2D eigenvalue weighted by Crippen LogP contribution is -2.30. The van der Waals surface area contributed by atoms with Crippen LogP contribution in [0.4, 0.5) is 5.69 Å². The molecule has 0 aliphatic heterocycles. The van der Waals surface area contributed by atoms with E-state index in [4.69, 9.17) is 9.47 Å². The molecule has 0 spiro atoms. The summed E-state index contributed by atoms with van der Waals surface area (Å²) in [7, 11) is -2.07. The Morgan fingerprint density at radius 3 is 2.23 bits per heavy atom. The van der Waals surface area contributed by atoms with Crippen LogP contribution in [0.1, 0.15) is 17.3 Å². The summed E-state index contributed by atoms with van der Waals surface area (Å²) in [5, 5.41) is 2.60. The molecule has 2 aromatic carbocycles. The zero-order chi connectivity index (χ0) is 19.3. The summed E-state index contributed by atoms with van der Waals surface area (Å²) >= 11 is 0. The first kappa shape index (κ1) is 19.5. The van der Waals surface area contributed by atoms with E-state index in [-0.39, 0.29) is 10.5 Å². The number of nitrogens with one attached hydrogen (secondary N) is 1. The van der Waals surface area contributed by atoms with Crippen molar-refractivity contribution in [1.29, 1.82) is 0 Å². The van der Waals surface area contributed by atoms with Crippen LogP contribution in [0.15, 0.2) is 53.4 Å². The molecule has 1 N–H and O–H groups in total. The Kier molecular flexibility index (Phi) is 5.99. The third-order valence-electron chi connectivity index (χ3n) is 3.52. The van der Waals surface area contributed by atoms with Crippen molar-refractivity contribution in [2.24, 2.45) is 0 Å². The minimum absolute atomic E-state index is 0.112. The van der Waals surface area contributed by atoms with Crippen LogP contribution < -0.4 is 10.1 Å². The number of methoxy groups -OCH3 is 1. The molecule has 2 aromatic rings. The fourth-order valence-electron chi connectivity index (χ4n) is 2.15. The first-order chi connectivity index (χ1) is 12.2. The molecule has 0 aromatic heterocycles. The van der Waals surface area contributed by atoms with Gasteiger partial charge in [0.15, 0.2) is 15.9 Å². The van der Waals surface area contributed by atoms with E-state index < -0.39 is 27.8 Å². The van der Waals surface area contributed by atoms with E-state index >= 15 is 0 Å². The lowest BCUT2D eigenvalue weighted by atomic mass is 10.2. The second-order valence-electron chi connectivity index (χ2n) is 5.53. The summed E-state index contributed by atoms with van der Waals surface area (Å²) in [6.45, 7) is 1.40. The number of carbonyl (C=O) groups excluding carboxylic acids is 2. The predicted octanol–water partition coefficient (Wildman–Crippen LogP) is 2.28. The van der Waals surface area contributed by atoms with Gasteiger partial charge in [-0.3, -0.25) is 4.79 Å². The van der Waals surface area contributed by atoms with Crippen LogP contribution in [-0.4, -0.2) is 39.8 Å². The Morgan fingerprint density at radius 2 is 1.65 bits per heavy atom. The van der Waals surface area contributed by atoms with Crippen LogP contribution in [0, 0.1) is 0 Å². The van der Waals surface area contributed by atoms with Crippen molar-refractivity contribution < 1.29 is 27.5 Å². The van der Waals surface area contributed by atoms with Gasteiger partial charge in [0.05, 0.1) is 17.6 Å². The molecule has 0 saturated heterocycles. The van der Waals surface area contributed by atoms with Crippen LogP contribution in [0.25, 0.3) is 0 Å². The van der Waals surface area contributed by atoms with Crippen molar-refractivity contribution in [2.75, 3.05) is 18.7 Å². The molecule has 0 aliphatic carbocycles. The minimum Gasteiger partial charge on any atom is -0.497 e. The van der Waals surface area contributed by atoms with Crippen LogP contribution >= 0.6 is 0 Å². The number of benzene rings is 2. The minimum atomic E-state index is -3.60. The molecule has 26 heavy (non-hydrogen) atoms. The first-order valence-corrected chi connectivity index (χ1v) is 9.56. The smallest absolute Gasteiger partial charge is 0.340 e. The summed E-state index contributed by atoms with van der Waals surface area (Å²) in [4.78, 5) is 24.3. The number of anilines is 1. The van der Waals surface area contributed by atoms with E-state index in [1.54, 1.807) is 24.3 Å². The monoisotopic (exact) mass is 377 g/mol. The topological polar surface area (TPSA) is 98.8 Å². The average Bonchev–Trinajstić information content (AvgIpc) is 2.61. The molecule has 1 unspecified atom stereocenters. The predicted molar refractivity (Wildman–Crippen MR) is 96.1 cm³/mol. The summed E-state index contributed by atoms with van der Waals surface area (Å²) in [6, 6.07) is 12.3. The van der Waals surface area contributed by atoms with Gasteiger partial charge in [0, 0.05) is 11.9 Å². The number of amides is 1. The fourth-order valence-corrected chi connectivity index (χ4v) is 3.03. The summed E-state index contributed by atoms with van der Waals surface area (Å²) in [5.41, 5.74) is 0.398. The molecule has 0 radical (unpaired) electrons. The quantitative estimate of drug-likeness (QED) is 0.776. The Bertz CT molecular complexity index is 906. The van der Waals surface area contributed by atoms with E-state index in [2.05, 4.69) is 5.32 Å². The van der Waals surface area contributed by atoms with Crippen LogP contribution in [0.2, 0.25) is 0 Å². The molecule has 0 fully saturated rings. The molecule has 1 amide bonds. The largest absolute Gasteiger partial charge is 0.497 e. The van der Waals surface area contributed by atoms with E-state index in [1.807, 2.05) is 0 Å². The van der Waals surface area contributed by atoms with E-state index in [0.29, 0.717) is 11.4 Å². The highest BCUT2D eigenvalue weighted by atomic mass is 32.2. The Labute approximate surface area is 151 Å². The lowest BCUT2D eigenvalue weighted by molar-refractivity contribution is -0.123. The van der Waals surface area contributed by atoms with Crippen molar-refractivity contribution in [1.82, 2.24) is 0 Å². The SMILES string of the molecule is COc1ccc(NC(=O)C(C)OC(=O)c2ccccc2S(C)(=O)=O)cc1. The van der Waals surface area contributed by atoms with Crippen LogP contribution in [0.5, 0.6) is 5.75 Å². The highest BCUT2D eigenvalue weighted by Gasteiger charge is 2.23. The van der Waals surface area contributed by atoms with Crippen molar-refractivity contribution in [3.05, 3.63) is 54.1 Å². The molecule has 0 heterocycles. The Hall–Kier alpha value is -2.87. The van der Waals surface area contributed by atoms with Gasteiger partial charge in [-0.05, 0) is 43.3 Å². The molecular formula is C18H19NO6S. The summed E-state index contributed by atoms with van der Waals surface area (Å²) in [6.07, 6.45) is -0.115. The molecule has 138 valence electrons. The van der Waals surface area contributed by atoms with Gasteiger partial charge in [0.2, 0.25) is 0 Å². The van der Waals surface area contributed by atoms with Crippen LogP contribution in [0.3, 0.4) is 0 Å². The Balaban J connectivity index is 2.08. The Morgan fingerprint density at radius 1 is 1.04 bits per heavy atom. The highest BCUT2D eigenvalue weighted by molar-refractivity contribution is 7.90. The van der Waals surface area contributed by atoms with Gasteiger partial charge in [0.25, 0.3) is 5.91 Å². The molecule has 0 bridgehead atoms. The normalized spacial score (nSPS) is 12.1. The van der Waals surface area contributed by atoms with Gasteiger partial charge in [-0.2, -0.15) is 0 Å². The second-order valence-corrected chi connectivity index (χ2v) is 7.52. The van der Waals surface area contributed by atoms with Gasteiger partial charge < -0.3 is 14.8 Å². The number of sulfone groups is 1. The van der Waals surface area contributed by atoms with Crippen molar-refractivity contribution >= 4 is 27.4 Å². The van der Waals surface area contributed by atoms with E-state index in [0.717, 1.165) is 6.26 Å². The molecule has 8 heteroatoms. The molecule has 1 atom stereocenters. The summed E-state index contributed by atoms with van der Waals surface area (Å²) in [5.74, 6) is -0.788. The molecular weight excluding hydrogens is 358 g/mol. The van der Waals surface area contributed by atoms with E-state index in [9.17, 15) is 18.0 Å². The second kappa shape index (κ2) is 8.01. The maximum atomic E-state index is 12.3. The number of ether oxygens (including phenoxy) is 2. The van der Waals surface area contributed by atoms with Gasteiger partial charge in [-0.1, -0.05) is 12.1 Å². The zero-order valence-corrected chi connectivity index (χ0v) is 15.4. The molecule has 0 saturated carbocycles. The third-order valence-corrected chi connectivity index (χ3v) is 4.67. The number of carbonyl (C=O) groups is 2. The molecule has 7 nitrogen and oxygen atoms in total. The van der Waals surface area contributed by atoms with Gasteiger partial charge in [0.1, 0.15) is 5.75 Å². The zero-order valence-electron chi connectivity index (χ0n) is 14.6. The van der Waals surface area contributed by atoms with Gasteiger partial charge in [-0.25, -0.2) is 13.2 Å². The van der Waals surface area contributed by atoms with Gasteiger partial charge >= 0.3 is 5.97 Å². The summed E-state index contributed by atoms with van der Waals surface area (Å²) < 4.78 is 33.7. The maximum Gasteiger partial charge on any atom is 0.340 e. The van der Waals surface area contributed by atoms with Crippen molar-refractivity contribution in [3.8, 4) is 5.75 Å². The first-order valence-electron chi connectivity index (χ1n) is 7.67. The van der Waals surface area contributed by atoms with Crippen molar-refractivity contribution in [2.45, 2.75) is 17.9 Å². The number of esters is 1. The highest BCUT2D eigenvalue weighted by Crippen LogP contribution is 2.18. The lowest BCUT2D eigenvalue weighted by Gasteiger charge is -2.15. The van der Waals surface area contributed by atoms with Crippen LogP contribution in [-0.2, 0) is 19.4 Å². The number of hydrogen-bond acceptors (Lipinski definition) is 6. The maximum absolute atomic E-state index is 12.3. The molecule has 0 aliphatic rings. The van der Waals surface area contributed by atoms with Crippen molar-refractivity contribution in [3.63, 3.8) is 0 Å². The fraction of sp³-hybridized carbons (Fsp3) is 0.222.